The van der Waals surface area contributed by atoms with Crippen molar-refractivity contribution < 1.29 is 90.8 Å². The van der Waals surface area contributed by atoms with Gasteiger partial charge in [0.2, 0.25) is 35.3 Å². The summed E-state index contributed by atoms with van der Waals surface area (Å²) < 4.78 is 31.8. The molecule has 8 amide bonds. The molecule has 1 aliphatic heterocycles. The van der Waals surface area contributed by atoms with Crippen LogP contribution < -0.4 is 38.5 Å². The fourth-order valence-electron chi connectivity index (χ4n) is 9.34. The minimum absolute atomic E-state index is 0.00732. The van der Waals surface area contributed by atoms with E-state index in [4.69, 9.17) is 50.5 Å². The normalized spacial score (nSPS) is 12.0. The number of rotatable bonds is 47. The third-order valence-electron chi connectivity index (χ3n) is 15.0. The number of nitrogens with zero attached hydrogens (tertiary/aromatic N) is 9. The molecule has 568 valence electrons. The van der Waals surface area contributed by atoms with Crippen LogP contribution in [-0.4, -0.2) is 195 Å². The van der Waals surface area contributed by atoms with Crippen molar-refractivity contribution in [1.82, 2.24) is 67.1 Å². The van der Waals surface area contributed by atoms with Gasteiger partial charge in [0, 0.05) is 108 Å². The van der Waals surface area contributed by atoms with E-state index in [0.29, 0.717) is 102 Å². The van der Waals surface area contributed by atoms with Crippen LogP contribution in [-0.2, 0) is 107 Å². The molecule has 0 spiro atoms. The molecule has 3 heterocycles. The van der Waals surface area contributed by atoms with E-state index in [1.165, 1.54) is 12.7 Å². The topological polar surface area (TPSA) is 502 Å². The maximum Gasteiger partial charge on any atom is 0.408 e. The Hall–Kier alpha value is -11.4. The molecule has 2 unspecified atom stereocenters. The second kappa shape index (κ2) is 50.9. The molecule has 1 saturated heterocycles. The lowest BCUT2D eigenvalue weighted by Gasteiger charge is -2.17. The molecule has 2 aromatic heterocycles. The lowest BCUT2D eigenvalue weighted by atomic mass is 10.0. The van der Waals surface area contributed by atoms with E-state index in [1.54, 1.807) is 24.3 Å². The van der Waals surface area contributed by atoms with Crippen LogP contribution in [0.1, 0.15) is 119 Å². The Bertz CT molecular complexity index is 3670. The third kappa shape index (κ3) is 37.2. The molecule has 106 heavy (non-hydrogen) atoms. The molecule has 2 atom stereocenters. The summed E-state index contributed by atoms with van der Waals surface area (Å²) in [6, 6.07) is 31.2. The number of carbonyl (C=O) groups excluding carboxylic acids is 12. The number of aromatic nitrogens is 8. The van der Waals surface area contributed by atoms with Crippen LogP contribution in [0.4, 0.5) is 9.59 Å². The first-order chi connectivity index (χ1) is 51.3. The number of carbonyl (C=O) groups is 12. The number of benzene rings is 4. The number of hydrogen-bond donors (Lipinski definition) is 7. The van der Waals surface area contributed by atoms with Gasteiger partial charge in [-0.3, -0.25) is 43.2 Å². The summed E-state index contributed by atoms with van der Waals surface area (Å²) >= 11 is 0. The number of nitrogens with one attached hydrogen (secondary N) is 4. The fourth-order valence-corrected chi connectivity index (χ4v) is 9.34. The number of amides is 8. The van der Waals surface area contributed by atoms with Crippen molar-refractivity contribution in [3.63, 3.8) is 0 Å². The van der Waals surface area contributed by atoms with Gasteiger partial charge < -0.3 is 71.7 Å². The second-order valence-corrected chi connectivity index (χ2v) is 23.2. The molecule has 0 saturated carbocycles. The Balaban J connectivity index is 0.000000304. The monoisotopic (exact) mass is 1470 g/mol. The zero-order chi connectivity index (χ0) is 76.4. The van der Waals surface area contributed by atoms with Crippen molar-refractivity contribution >= 4 is 70.9 Å². The van der Waals surface area contributed by atoms with E-state index >= 15 is 0 Å². The quantitative estimate of drug-likeness (QED) is 0.0213. The van der Waals surface area contributed by atoms with Gasteiger partial charge in [0.1, 0.15) is 19.0 Å². The van der Waals surface area contributed by atoms with Crippen molar-refractivity contribution in [2.24, 2.45) is 17.2 Å². The number of aryl methyl sites for hydroxylation is 1. The first-order valence-corrected chi connectivity index (χ1v) is 34.2. The smallest absolute Gasteiger partial charge is 0.408 e. The Kier molecular flexibility index (Phi) is 40.9. The SMILES string of the molecule is NC(=O)CCC(NC(=O)OCc1ccccc1)C(=O)CCCOCCOCCNC(=O)CCC(=O)CCc1ccc(-c2nncnn2)cc1.NCCOCCOCCCC(=O)C(CCC(N)=O)NC(=O)OCc1ccccc1.O=C(CCC(=O)ON1C(=O)CCC1=O)NCc1ccc(-c2nncnn2)cc1. The Morgan fingerprint density at radius 1 is 0.453 bits per heavy atom. The Morgan fingerprint density at radius 2 is 0.887 bits per heavy atom. The molecule has 0 aliphatic carbocycles. The van der Waals surface area contributed by atoms with Gasteiger partial charge in [0.15, 0.2) is 24.2 Å². The molecule has 10 N–H and O–H groups in total. The summed E-state index contributed by atoms with van der Waals surface area (Å²) in [6.45, 7) is 4.07. The van der Waals surface area contributed by atoms with Crippen LogP contribution in [0, 0.1) is 0 Å². The third-order valence-corrected chi connectivity index (χ3v) is 15.0. The van der Waals surface area contributed by atoms with Gasteiger partial charge in [0.05, 0.1) is 58.1 Å². The predicted octanol–water partition coefficient (Wildman–Crippen LogP) is 3.10. The molecule has 6 aromatic rings. The van der Waals surface area contributed by atoms with Gasteiger partial charge >= 0.3 is 18.2 Å². The van der Waals surface area contributed by atoms with Crippen LogP contribution in [0.5, 0.6) is 0 Å². The number of hydroxylamine groups is 2. The molecule has 0 radical (unpaired) electrons. The molecule has 1 aliphatic rings. The number of Topliss-reactive ketones (excluding diaryl/α,β-unsaturated/α-hetero) is 3. The van der Waals surface area contributed by atoms with E-state index in [2.05, 4.69) is 62.1 Å². The summed E-state index contributed by atoms with van der Waals surface area (Å²) in [5, 5.41) is 41.2. The largest absolute Gasteiger partial charge is 0.445 e. The highest BCUT2D eigenvalue weighted by Crippen LogP contribution is 2.18. The summed E-state index contributed by atoms with van der Waals surface area (Å²) in [4.78, 5) is 147. The van der Waals surface area contributed by atoms with Crippen molar-refractivity contribution in [3.8, 4) is 22.8 Å². The van der Waals surface area contributed by atoms with Gasteiger partial charge in [-0.05, 0) is 54.4 Å². The Morgan fingerprint density at radius 3 is 1.35 bits per heavy atom. The Labute approximate surface area is 611 Å². The van der Waals surface area contributed by atoms with Gasteiger partial charge in [-0.15, -0.1) is 45.9 Å². The van der Waals surface area contributed by atoms with Crippen molar-refractivity contribution in [1.29, 1.82) is 0 Å². The molecule has 35 heteroatoms. The van der Waals surface area contributed by atoms with Crippen LogP contribution in [0.3, 0.4) is 0 Å². The number of alkyl carbamates (subject to hydrolysis) is 2. The maximum absolute atomic E-state index is 12.7. The van der Waals surface area contributed by atoms with Crippen LogP contribution in [0.15, 0.2) is 122 Å². The average molecular weight is 1470 g/mol. The van der Waals surface area contributed by atoms with Crippen LogP contribution >= 0.6 is 0 Å². The predicted molar refractivity (Wildman–Crippen MR) is 375 cm³/mol. The minimum atomic E-state index is -0.899. The molecule has 4 aromatic carbocycles. The lowest BCUT2D eigenvalue weighted by molar-refractivity contribution is -0.197. The number of ketones is 3. The number of imide groups is 1. The van der Waals surface area contributed by atoms with E-state index in [-0.39, 0.29) is 133 Å². The zero-order valence-corrected chi connectivity index (χ0v) is 58.7. The van der Waals surface area contributed by atoms with E-state index in [0.717, 1.165) is 33.4 Å². The molecular formula is C71H90N16O19. The van der Waals surface area contributed by atoms with Gasteiger partial charge in [-0.2, -0.15) is 0 Å². The molecular weight excluding hydrogens is 1380 g/mol. The number of hydrogen-bond acceptors (Lipinski definition) is 28. The van der Waals surface area contributed by atoms with Crippen molar-refractivity contribution in [2.45, 2.75) is 135 Å². The van der Waals surface area contributed by atoms with Crippen molar-refractivity contribution in [2.75, 3.05) is 65.9 Å². The highest BCUT2D eigenvalue weighted by molar-refractivity contribution is 6.01. The molecule has 0 bridgehead atoms. The second-order valence-electron chi connectivity index (χ2n) is 23.2. The highest BCUT2D eigenvalue weighted by Gasteiger charge is 2.33. The van der Waals surface area contributed by atoms with Gasteiger partial charge in [0.25, 0.3) is 11.8 Å². The molecule has 7 rings (SSSR count). The zero-order valence-electron chi connectivity index (χ0n) is 58.7. The summed E-state index contributed by atoms with van der Waals surface area (Å²) in [6.07, 6.45) is 3.26. The van der Waals surface area contributed by atoms with E-state index in [1.807, 2.05) is 84.9 Å². The molecule has 35 nitrogen and oxygen atoms in total. The van der Waals surface area contributed by atoms with Crippen LogP contribution in [0.2, 0.25) is 0 Å². The van der Waals surface area contributed by atoms with Gasteiger partial charge in [-0.25, -0.2) is 14.4 Å². The molecule has 1 fully saturated rings. The van der Waals surface area contributed by atoms with E-state index in [9.17, 15) is 57.5 Å². The highest BCUT2D eigenvalue weighted by atomic mass is 16.7. The van der Waals surface area contributed by atoms with Gasteiger partial charge in [-0.1, -0.05) is 109 Å². The summed E-state index contributed by atoms with van der Waals surface area (Å²) in [5.74, 6) is -3.25. The standard InChI is InChI=1S/C34H43N7O8.C20H31N3O6.C17H16N6O5/c35-31(44)16-15-29(39-34(46)49-23-26-5-2-1-3-6-26)30(43)7-4-19-47-21-22-48-20-18-36-32(45)17-14-28(42)13-10-25-8-11-27(12-9-25)33-40-37-24-38-41-33;21-10-12-28-14-13-27-11-4-7-18(24)17(8-9-19(22)25)23-20(26)29-15-16-5-2-1-3-6-16;24-13(5-8-16(27)28-23-14(25)6-7-15(23)26)18-9-11-1-3-12(4-2-11)17-21-19-10-20-22-17/h1-3,5-6,8-9,11-12,24,29H,4,7,10,13-23H2,(H2,35,44)(H,36,45)(H,39,46);1-3,5-6,17H,4,7-15,21H2,(H2,22,25)(H,23,26);1-4,10H,5-9H2,(H,18,24). The van der Waals surface area contributed by atoms with Crippen molar-refractivity contribution in [3.05, 3.63) is 144 Å². The first-order valence-electron chi connectivity index (χ1n) is 34.2. The number of ether oxygens (including phenoxy) is 6. The fraction of sp³-hybridized carbons (Fsp3) is 0.437. The minimum Gasteiger partial charge on any atom is -0.445 e. The van der Waals surface area contributed by atoms with Crippen LogP contribution in [0.25, 0.3) is 22.8 Å². The van der Waals surface area contributed by atoms with E-state index < -0.39 is 53.9 Å². The number of nitrogens with two attached hydrogens (primary N) is 3. The average Bonchev–Trinajstić information content (AvgIpc) is 1.80. The first kappa shape index (κ1) is 85.2. The number of primary amides is 2. The maximum atomic E-state index is 12.7. The lowest BCUT2D eigenvalue weighted by Crippen LogP contribution is -2.41. The summed E-state index contributed by atoms with van der Waals surface area (Å²) in [5.41, 5.74) is 20.7. The summed E-state index contributed by atoms with van der Waals surface area (Å²) in [7, 11) is 0.